The van der Waals surface area contributed by atoms with Gasteiger partial charge < -0.3 is 10.1 Å². The Bertz CT molecular complexity index is 913. The summed E-state index contributed by atoms with van der Waals surface area (Å²) in [5.74, 6) is 0.527. The zero-order valence-electron chi connectivity index (χ0n) is 17.6. The summed E-state index contributed by atoms with van der Waals surface area (Å²) < 4.78 is 31.4. The first-order valence-corrected chi connectivity index (χ1v) is 11.5. The molecule has 0 saturated heterocycles. The number of sulfonamides is 1. The molecule has 0 bridgehead atoms. The fraction of sp³-hybridized carbons (Fsp3) is 0.409. The summed E-state index contributed by atoms with van der Waals surface area (Å²) in [4.78, 5) is 13.1. The minimum absolute atomic E-state index is 0.196. The molecular formula is C22H30N2O4S. The van der Waals surface area contributed by atoms with E-state index in [2.05, 4.69) is 19.2 Å². The Morgan fingerprint density at radius 3 is 2.28 bits per heavy atom. The van der Waals surface area contributed by atoms with Gasteiger partial charge in [-0.25, -0.2) is 8.42 Å². The van der Waals surface area contributed by atoms with Crippen LogP contribution in [0.4, 0.5) is 5.69 Å². The average Bonchev–Trinajstić information content (AvgIpc) is 2.67. The lowest BCUT2D eigenvalue weighted by atomic mass is 9.96. The van der Waals surface area contributed by atoms with E-state index in [1.54, 1.807) is 31.2 Å². The van der Waals surface area contributed by atoms with Crippen molar-refractivity contribution in [1.82, 2.24) is 5.32 Å². The first kappa shape index (κ1) is 22.7. The van der Waals surface area contributed by atoms with Gasteiger partial charge >= 0.3 is 0 Å². The van der Waals surface area contributed by atoms with Crippen LogP contribution in [-0.2, 0) is 14.8 Å². The Morgan fingerprint density at radius 2 is 1.72 bits per heavy atom. The SMILES string of the molecule is COc1cccc(N([C@@H](C)C(=O)N[C@H](CC(C)C)c2ccccc2)S(C)(=O)=O)c1. The molecule has 2 rings (SSSR count). The van der Waals surface area contributed by atoms with Gasteiger partial charge in [0.15, 0.2) is 0 Å². The average molecular weight is 419 g/mol. The first-order chi connectivity index (χ1) is 13.6. The largest absolute Gasteiger partial charge is 0.497 e. The molecule has 2 aromatic carbocycles. The molecule has 0 unspecified atom stereocenters. The van der Waals surface area contributed by atoms with Crippen molar-refractivity contribution in [1.29, 1.82) is 0 Å². The highest BCUT2D eigenvalue weighted by Gasteiger charge is 2.31. The Hall–Kier alpha value is -2.54. The van der Waals surface area contributed by atoms with Gasteiger partial charge in [-0.2, -0.15) is 0 Å². The lowest BCUT2D eigenvalue weighted by Crippen LogP contribution is -2.48. The van der Waals surface area contributed by atoms with Crippen molar-refractivity contribution in [2.24, 2.45) is 5.92 Å². The topological polar surface area (TPSA) is 75.7 Å². The van der Waals surface area contributed by atoms with Crippen LogP contribution in [0.3, 0.4) is 0 Å². The maximum Gasteiger partial charge on any atom is 0.244 e. The predicted molar refractivity (Wildman–Crippen MR) is 117 cm³/mol. The van der Waals surface area contributed by atoms with Gasteiger partial charge in [0.1, 0.15) is 11.8 Å². The van der Waals surface area contributed by atoms with Crippen molar-refractivity contribution in [2.75, 3.05) is 17.7 Å². The highest BCUT2D eigenvalue weighted by atomic mass is 32.2. The van der Waals surface area contributed by atoms with E-state index < -0.39 is 16.1 Å². The molecule has 29 heavy (non-hydrogen) atoms. The highest BCUT2D eigenvalue weighted by molar-refractivity contribution is 7.92. The standard InChI is InChI=1S/C22H30N2O4S/c1-16(2)14-21(18-10-7-6-8-11-18)23-22(25)17(3)24(29(5,26)27)19-12-9-13-20(15-19)28-4/h6-13,15-17,21H,14H2,1-5H3,(H,23,25)/t17-,21+/m0/s1. The number of methoxy groups -OCH3 is 1. The number of hydrogen-bond acceptors (Lipinski definition) is 4. The van der Waals surface area contributed by atoms with Crippen LogP contribution in [0.15, 0.2) is 54.6 Å². The van der Waals surface area contributed by atoms with Gasteiger partial charge in [0.2, 0.25) is 15.9 Å². The van der Waals surface area contributed by atoms with Gasteiger partial charge in [0.05, 0.1) is 25.1 Å². The highest BCUT2D eigenvalue weighted by Crippen LogP contribution is 2.26. The summed E-state index contributed by atoms with van der Waals surface area (Å²) >= 11 is 0. The summed E-state index contributed by atoms with van der Waals surface area (Å²) in [6.45, 7) is 5.77. The minimum Gasteiger partial charge on any atom is -0.497 e. The molecule has 0 radical (unpaired) electrons. The van der Waals surface area contributed by atoms with E-state index in [9.17, 15) is 13.2 Å². The molecule has 0 aliphatic carbocycles. The molecule has 0 aliphatic rings. The van der Waals surface area contributed by atoms with Crippen molar-refractivity contribution in [2.45, 2.75) is 39.3 Å². The van der Waals surface area contributed by atoms with Crippen molar-refractivity contribution in [3.63, 3.8) is 0 Å². The van der Waals surface area contributed by atoms with Crippen LogP contribution in [-0.4, -0.2) is 33.7 Å². The van der Waals surface area contributed by atoms with Crippen molar-refractivity contribution < 1.29 is 17.9 Å². The molecule has 0 aromatic heterocycles. The summed E-state index contributed by atoms with van der Waals surface area (Å²) in [5, 5.41) is 3.04. The molecule has 2 atom stereocenters. The molecule has 2 aromatic rings. The smallest absolute Gasteiger partial charge is 0.244 e. The number of benzene rings is 2. The normalized spacial score (nSPS) is 13.6. The van der Waals surface area contributed by atoms with E-state index in [0.29, 0.717) is 17.4 Å². The fourth-order valence-electron chi connectivity index (χ4n) is 3.28. The first-order valence-electron chi connectivity index (χ1n) is 9.62. The van der Waals surface area contributed by atoms with Crippen LogP contribution >= 0.6 is 0 Å². The van der Waals surface area contributed by atoms with Crippen LogP contribution in [0.25, 0.3) is 0 Å². The molecule has 7 heteroatoms. The van der Waals surface area contributed by atoms with Gasteiger partial charge in [-0.3, -0.25) is 9.10 Å². The second kappa shape index (κ2) is 9.78. The van der Waals surface area contributed by atoms with Crippen LogP contribution in [0, 0.1) is 5.92 Å². The molecule has 0 saturated carbocycles. The van der Waals surface area contributed by atoms with Crippen LogP contribution in [0.1, 0.15) is 38.8 Å². The number of carbonyl (C=O) groups excluding carboxylic acids is 1. The summed E-state index contributed by atoms with van der Waals surface area (Å²) in [7, 11) is -2.18. The quantitative estimate of drug-likeness (QED) is 0.673. The minimum atomic E-state index is -3.69. The second-order valence-corrected chi connectivity index (χ2v) is 9.40. The van der Waals surface area contributed by atoms with E-state index in [1.807, 2.05) is 30.3 Å². The number of nitrogens with zero attached hydrogens (tertiary/aromatic N) is 1. The van der Waals surface area contributed by atoms with E-state index in [4.69, 9.17) is 4.74 Å². The number of hydrogen-bond donors (Lipinski definition) is 1. The van der Waals surface area contributed by atoms with Gasteiger partial charge in [-0.15, -0.1) is 0 Å². The molecule has 1 amide bonds. The molecule has 1 N–H and O–H groups in total. The van der Waals surface area contributed by atoms with Crippen LogP contribution < -0.4 is 14.4 Å². The van der Waals surface area contributed by atoms with E-state index in [1.165, 1.54) is 7.11 Å². The van der Waals surface area contributed by atoms with E-state index >= 15 is 0 Å². The zero-order valence-corrected chi connectivity index (χ0v) is 18.4. The number of nitrogens with one attached hydrogen (secondary N) is 1. The van der Waals surface area contributed by atoms with Crippen molar-refractivity contribution in [3.05, 3.63) is 60.2 Å². The van der Waals surface area contributed by atoms with Gasteiger partial charge in [-0.05, 0) is 37.0 Å². The third kappa shape index (κ3) is 6.22. The molecular weight excluding hydrogens is 388 g/mol. The van der Waals surface area contributed by atoms with E-state index in [-0.39, 0.29) is 11.9 Å². The maximum atomic E-state index is 13.1. The van der Waals surface area contributed by atoms with Crippen LogP contribution in [0.5, 0.6) is 5.75 Å². The summed E-state index contributed by atoms with van der Waals surface area (Å²) in [5.41, 5.74) is 1.38. The lowest BCUT2D eigenvalue weighted by Gasteiger charge is -2.30. The zero-order chi connectivity index (χ0) is 21.6. The van der Waals surface area contributed by atoms with E-state index in [0.717, 1.165) is 22.5 Å². The monoisotopic (exact) mass is 418 g/mol. The molecule has 0 fully saturated rings. The maximum absolute atomic E-state index is 13.1. The van der Waals surface area contributed by atoms with Gasteiger partial charge in [0.25, 0.3) is 0 Å². The molecule has 158 valence electrons. The number of amides is 1. The van der Waals surface area contributed by atoms with Gasteiger partial charge in [0, 0.05) is 6.07 Å². The fourth-order valence-corrected chi connectivity index (χ4v) is 4.45. The van der Waals surface area contributed by atoms with Crippen molar-refractivity contribution in [3.8, 4) is 5.75 Å². The van der Waals surface area contributed by atoms with Gasteiger partial charge in [-0.1, -0.05) is 50.2 Å². The Kier molecular flexibility index (Phi) is 7.67. The Labute approximate surface area is 173 Å². The van der Waals surface area contributed by atoms with Crippen molar-refractivity contribution >= 4 is 21.6 Å². The summed E-state index contributed by atoms with van der Waals surface area (Å²) in [6, 6.07) is 15.3. The lowest BCUT2D eigenvalue weighted by molar-refractivity contribution is -0.122. The number of anilines is 1. The van der Waals surface area contributed by atoms with Crippen LogP contribution in [0.2, 0.25) is 0 Å². The third-order valence-corrected chi connectivity index (χ3v) is 5.86. The third-order valence-electron chi connectivity index (χ3n) is 4.62. The Morgan fingerprint density at radius 1 is 1.07 bits per heavy atom. The summed E-state index contributed by atoms with van der Waals surface area (Å²) in [6.07, 6.45) is 1.85. The molecule has 0 heterocycles. The Balaban J connectivity index is 2.32. The molecule has 0 spiro atoms. The molecule has 6 nitrogen and oxygen atoms in total. The number of ether oxygens (including phenoxy) is 1. The second-order valence-electron chi connectivity index (χ2n) is 7.54. The molecule has 0 aliphatic heterocycles. The predicted octanol–water partition coefficient (Wildman–Crippen LogP) is 3.75. The number of carbonyl (C=O) groups is 1. The number of rotatable bonds is 9.